The summed E-state index contributed by atoms with van der Waals surface area (Å²) in [5.41, 5.74) is 3.34. The van der Waals surface area contributed by atoms with Crippen LogP contribution in [0.1, 0.15) is 25.8 Å². The van der Waals surface area contributed by atoms with Crippen LogP contribution in [0.15, 0.2) is 47.6 Å². The van der Waals surface area contributed by atoms with Crippen molar-refractivity contribution in [1.82, 2.24) is 14.9 Å². The van der Waals surface area contributed by atoms with E-state index in [9.17, 15) is 9.59 Å². The maximum absolute atomic E-state index is 12.6. The van der Waals surface area contributed by atoms with Crippen molar-refractivity contribution >= 4 is 40.3 Å². The number of imidazole rings is 1. The zero-order valence-electron chi connectivity index (χ0n) is 19.0. The zero-order valence-corrected chi connectivity index (χ0v) is 19.8. The maximum atomic E-state index is 12.6. The predicted octanol–water partition coefficient (Wildman–Crippen LogP) is 4.25. The van der Waals surface area contributed by atoms with E-state index in [0.29, 0.717) is 17.4 Å². The molecule has 0 radical (unpaired) electrons. The largest absolute Gasteiger partial charge is 0.495 e. The highest BCUT2D eigenvalue weighted by Crippen LogP contribution is 2.26. The van der Waals surface area contributed by atoms with Gasteiger partial charge in [-0.15, -0.1) is 0 Å². The van der Waals surface area contributed by atoms with Crippen LogP contribution < -0.4 is 15.4 Å². The Kier molecular flexibility index (Phi) is 8.16. The van der Waals surface area contributed by atoms with Crippen LogP contribution in [0.3, 0.4) is 0 Å². The highest BCUT2D eigenvalue weighted by Gasteiger charge is 2.15. The number of thioether (sulfide) groups is 1. The number of anilines is 1. The Labute approximate surface area is 192 Å². The molecular weight excluding hydrogens is 424 g/mol. The van der Waals surface area contributed by atoms with Gasteiger partial charge in [-0.05, 0) is 49.1 Å². The summed E-state index contributed by atoms with van der Waals surface area (Å²) in [6, 6.07) is 13.3. The number of ether oxygens (including phenoxy) is 1. The molecule has 170 valence electrons. The number of amides is 2. The minimum Gasteiger partial charge on any atom is -0.495 e. The number of carbonyl (C=O) groups is 2. The van der Waals surface area contributed by atoms with Crippen molar-refractivity contribution < 1.29 is 14.3 Å². The lowest BCUT2D eigenvalue weighted by Gasteiger charge is -2.12. The molecule has 0 unspecified atom stereocenters. The first-order valence-corrected chi connectivity index (χ1v) is 11.6. The number of aryl methyl sites for hydroxylation is 1. The number of fused-ring (bicyclic) bond motifs is 1. The normalized spacial score (nSPS) is 11.0. The van der Waals surface area contributed by atoms with Gasteiger partial charge < -0.3 is 19.9 Å². The van der Waals surface area contributed by atoms with Gasteiger partial charge in [0, 0.05) is 5.75 Å². The molecule has 0 aliphatic carbocycles. The Morgan fingerprint density at radius 2 is 1.94 bits per heavy atom. The first-order chi connectivity index (χ1) is 15.4. The van der Waals surface area contributed by atoms with Crippen LogP contribution >= 0.6 is 11.8 Å². The molecule has 2 amide bonds. The van der Waals surface area contributed by atoms with Crippen LogP contribution in [-0.2, 0) is 16.1 Å². The fraction of sp³-hybridized carbons (Fsp3) is 0.375. The summed E-state index contributed by atoms with van der Waals surface area (Å²) in [4.78, 5) is 29.7. The SMILES string of the molecule is COc1ccc(C)cc1NC(=O)CNC(=O)Cn1c(SCCC(C)C)nc2ccccc21. The molecule has 0 saturated carbocycles. The Morgan fingerprint density at radius 3 is 2.69 bits per heavy atom. The minimum atomic E-state index is -0.315. The first kappa shape index (κ1) is 23.7. The van der Waals surface area contributed by atoms with E-state index in [1.807, 2.05) is 47.9 Å². The summed E-state index contributed by atoms with van der Waals surface area (Å²) >= 11 is 1.65. The lowest BCUT2D eigenvalue weighted by Crippen LogP contribution is -2.35. The lowest BCUT2D eigenvalue weighted by atomic mass is 10.2. The molecule has 1 aromatic heterocycles. The molecule has 7 nitrogen and oxygen atoms in total. The van der Waals surface area contributed by atoms with E-state index in [-0.39, 0.29) is 24.9 Å². The summed E-state index contributed by atoms with van der Waals surface area (Å²) in [7, 11) is 1.55. The average Bonchev–Trinajstić information content (AvgIpc) is 3.09. The number of hydrogen-bond acceptors (Lipinski definition) is 5. The van der Waals surface area contributed by atoms with Crippen molar-refractivity contribution in [3.8, 4) is 5.75 Å². The van der Waals surface area contributed by atoms with Crippen LogP contribution in [0, 0.1) is 12.8 Å². The highest BCUT2D eigenvalue weighted by atomic mass is 32.2. The molecule has 2 aromatic carbocycles. The number of benzene rings is 2. The van der Waals surface area contributed by atoms with Crippen molar-refractivity contribution in [2.75, 3.05) is 24.7 Å². The molecule has 0 saturated heterocycles. The predicted molar refractivity (Wildman–Crippen MR) is 129 cm³/mol. The van der Waals surface area contributed by atoms with E-state index in [4.69, 9.17) is 9.72 Å². The fourth-order valence-corrected chi connectivity index (χ4v) is 4.45. The molecule has 32 heavy (non-hydrogen) atoms. The van der Waals surface area contributed by atoms with Gasteiger partial charge in [0.25, 0.3) is 0 Å². The molecule has 0 aliphatic heterocycles. The number of para-hydroxylation sites is 2. The smallest absolute Gasteiger partial charge is 0.243 e. The van der Waals surface area contributed by atoms with Gasteiger partial charge in [-0.3, -0.25) is 9.59 Å². The molecule has 0 aliphatic rings. The second-order valence-electron chi connectivity index (χ2n) is 8.03. The molecule has 0 atom stereocenters. The number of aromatic nitrogens is 2. The highest BCUT2D eigenvalue weighted by molar-refractivity contribution is 7.99. The number of nitrogens with zero attached hydrogens (tertiary/aromatic N) is 2. The van der Waals surface area contributed by atoms with E-state index in [1.165, 1.54) is 0 Å². The molecule has 3 aromatic rings. The first-order valence-electron chi connectivity index (χ1n) is 10.7. The average molecular weight is 455 g/mol. The van der Waals surface area contributed by atoms with Crippen LogP contribution in [0.25, 0.3) is 11.0 Å². The molecule has 3 rings (SSSR count). The molecule has 1 heterocycles. The topological polar surface area (TPSA) is 85.3 Å². The third-order valence-corrected chi connectivity index (χ3v) is 5.93. The van der Waals surface area contributed by atoms with Crippen LogP contribution in [0.2, 0.25) is 0 Å². The standard InChI is InChI=1S/C24H30N4O3S/c1-16(2)11-12-32-24-27-18-7-5-6-8-20(18)28(24)15-23(30)25-14-22(29)26-19-13-17(3)9-10-21(19)31-4/h5-10,13,16H,11-12,14-15H2,1-4H3,(H,25,30)(H,26,29). The second kappa shape index (κ2) is 11.0. The summed E-state index contributed by atoms with van der Waals surface area (Å²) in [5, 5.41) is 6.32. The Morgan fingerprint density at radius 1 is 1.16 bits per heavy atom. The Hall–Kier alpha value is -3.00. The third kappa shape index (κ3) is 6.26. The molecular formula is C24H30N4O3S. The van der Waals surface area contributed by atoms with E-state index in [1.54, 1.807) is 24.9 Å². The van der Waals surface area contributed by atoms with E-state index < -0.39 is 0 Å². The van der Waals surface area contributed by atoms with Gasteiger partial charge in [0.2, 0.25) is 11.8 Å². The zero-order chi connectivity index (χ0) is 23.1. The Bertz CT molecular complexity index is 1090. The van der Waals surface area contributed by atoms with Gasteiger partial charge >= 0.3 is 0 Å². The van der Waals surface area contributed by atoms with Gasteiger partial charge in [-0.2, -0.15) is 0 Å². The number of hydrogen-bond donors (Lipinski definition) is 2. The molecule has 8 heteroatoms. The van der Waals surface area contributed by atoms with Crippen molar-refractivity contribution in [2.24, 2.45) is 5.92 Å². The van der Waals surface area contributed by atoms with Crippen LogP contribution in [0.4, 0.5) is 5.69 Å². The van der Waals surface area contributed by atoms with E-state index in [2.05, 4.69) is 24.5 Å². The molecule has 0 bridgehead atoms. The number of methoxy groups -OCH3 is 1. The quantitative estimate of drug-likeness (QED) is 0.448. The number of nitrogens with one attached hydrogen (secondary N) is 2. The van der Waals surface area contributed by atoms with Gasteiger partial charge in [0.15, 0.2) is 5.16 Å². The fourth-order valence-electron chi connectivity index (χ4n) is 3.19. The van der Waals surface area contributed by atoms with Gasteiger partial charge in [0.05, 0.1) is 30.4 Å². The summed E-state index contributed by atoms with van der Waals surface area (Å²) in [6.07, 6.45) is 1.07. The monoisotopic (exact) mass is 454 g/mol. The lowest BCUT2D eigenvalue weighted by molar-refractivity contribution is -0.124. The number of rotatable bonds is 10. The van der Waals surface area contributed by atoms with Crippen molar-refractivity contribution in [3.63, 3.8) is 0 Å². The van der Waals surface area contributed by atoms with Gasteiger partial charge in [0.1, 0.15) is 12.3 Å². The second-order valence-corrected chi connectivity index (χ2v) is 9.09. The Balaban J connectivity index is 1.63. The number of carbonyl (C=O) groups excluding carboxylic acids is 2. The van der Waals surface area contributed by atoms with Crippen LogP contribution in [-0.4, -0.2) is 40.8 Å². The van der Waals surface area contributed by atoms with E-state index >= 15 is 0 Å². The van der Waals surface area contributed by atoms with Crippen LogP contribution in [0.5, 0.6) is 5.75 Å². The summed E-state index contributed by atoms with van der Waals surface area (Å²) in [6.45, 7) is 6.29. The van der Waals surface area contributed by atoms with E-state index in [0.717, 1.165) is 33.9 Å². The third-order valence-electron chi connectivity index (χ3n) is 4.92. The minimum absolute atomic E-state index is 0.103. The van der Waals surface area contributed by atoms with Crippen molar-refractivity contribution in [2.45, 2.75) is 38.9 Å². The summed E-state index contributed by atoms with van der Waals surface area (Å²) in [5.74, 6) is 1.55. The van der Waals surface area contributed by atoms with Gasteiger partial charge in [-0.25, -0.2) is 4.98 Å². The van der Waals surface area contributed by atoms with Crippen molar-refractivity contribution in [1.29, 1.82) is 0 Å². The summed E-state index contributed by atoms with van der Waals surface area (Å²) < 4.78 is 7.20. The molecule has 0 fully saturated rings. The van der Waals surface area contributed by atoms with Crippen molar-refractivity contribution in [3.05, 3.63) is 48.0 Å². The maximum Gasteiger partial charge on any atom is 0.243 e. The molecule has 0 spiro atoms. The molecule has 2 N–H and O–H groups in total. The van der Waals surface area contributed by atoms with Gasteiger partial charge in [-0.1, -0.05) is 43.8 Å².